The summed E-state index contributed by atoms with van der Waals surface area (Å²) in [5, 5.41) is 2.96. The third kappa shape index (κ3) is 3.83. The van der Waals surface area contributed by atoms with Crippen LogP contribution in [0.4, 0.5) is 0 Å². The maximum Gasteiger partial charge on any atom is 0.251 e. The van der Waals surface area contributed by atoms with Crippen molar-refractivity contribution in [1.82, 2.24) is 5.32 Å². The third-order valence-corrected chi connectivity index (χ3v) is 4.12. The Bertz CT molecular complexity index is 464. The summed E-state index contributed by atoms with van der Waals surface area (Å²) < 4.78 is 5.55. The average molecular weight is 273 g/mol. The first-order valence-electron chi connectivity index (χ1n) is 7.79. The van der Waals surface area contributed by atoms with Gasteiger partial charge in [-0.25, -0.2) is 0 Å². The zero-order chi connectivity index (χ0) is 13.8. The lowest BCUT2D eigenvalue weighted by Crippen LogP contribution is -2.28. The SMILES string of the molecule is O=C(NCCOCCC1CC1)c1ccccc1C1CC1. The van der Waals surface area contributed by atoms with E-state index in [1.807, 2.05) is 18.2 Å². The molecule has 2 aliphatic rings. The normalized spacial score (nSPS) is 18.0. The highest BCUT2D eigenvalue weighted by atomic mass is 16.5. The molecule has 0 saturated heterocycles. The topological polar surface area (TPSA) is 38.3 Å². The van der Waals surface area contributed by atoms with E-state index in [4.69, 9.17) is 4.74 Å². The Labute approximate surface area is 120 Å². The van der Waals surface area contributed by atoms with Crippen molar-refractivity contribution >= 4 is 5.91 Å². The van der Waals surface area contributed by atoms with Gasteiger partial charge in [0.15, 0.2) is 0 Å². The van der Waals surface area contributed by atoms with Crippen LogP contribution in [0.25, 0.3) is 0 Å². The van der Waals surface area contributed by atoms with Crippen LogP contribution in [0.2, 0.25) is 0 Å². The first-order chi connectivity index (χ1) is 9.84. The number of amides is 1. The summed E-state index contributed by atoms with van der Waals surface area (Å²) >= 11 is 0. The molecule has 1 aromatic carbocycles. The van der Waals surface area contributed by atoms with E-state index in [-0.39, 0.29) is 5.91 Å². The van der Waals surface area contributed by atoms with Crippen LogP contribution in [0.1, 0.15) is 53.9 Å². The molecule has 1 N–H and O–H groups in total. The molecule has 1 aromatic rings. The summed E-state index contributed by atoms with van der Waals surface area (Å²) in [6.07, 6.45) is 6.36. The van der Waals surface area contributed by atoms with E-state index in [0.717, 1.165) is 18.1 Å². The van der Waals surface area contributed by atoms with Gasteiger partial charge < -0.3 is 10.1 Å². The first kappa shape index (κ1) is 13.6. The Hall–Kier alpha value is -1.35. The molecule has 0 unspecified atom stereocenters. The first-order valence-corrected chi connectivity index (χ1v) is 7.79. The maximum absolute atomic E-state index is 12.2. The molecule has 20 heavy (non-hydrogen) atoms. The van der Waals surface area contributed by atoms with Crippen molar-refractivity contribution in [3.8, 4) is 0 Å². The van der Waals surface area contributed by atoms with Gasteiger partial charge >= 0.3 is 0 Å². The zero-order valence-corrected chi connectivity index (χ0v) is 11.9. The molecule has 0 spiro atoms. The Kier molecular flexibility index (Phi) is 4.36. The zero-order valence-electron chi connectivity index (χ0n) is 11.9. The Balaban J connectivity index is 1.39. The minimum absolute atomic E-state index is 0.0401. The monoisotopic (exact) mass is 273 g/mol. The number of hydrogen-bond donors (Lipinski definition) is 1. The van der Waals surface area contributed by atoms with E-state index in [2.05, 4.69) is 11.4 Å². The molecule has 2 fully saturated rings. The Morgan fingerprint density at radius 1 is 1.15 bits per heavy atom. The van der Waals surface area contributed by atoms with Gasteiger partial charge in [-0.3, -0.25) is 4.79 Å². The number of hydrogen-bond acceptors (Lipinski definition) is 2. The van der Waals surface area contributed by atoms with E-state index < -0.39 is 0 Å². The molecule has 2 aliphatic carbocycles. The van der Waals surface area contributed by atoms with Crippen LogP contribution in [-0.4, -0.2) is 25.7 Å². The highest BCUT2D eigenvalue weighted by Gasteiger charge is 2.27. The number of carbonyl (C=O) groups excluding carboxylic acids is 1. The Morgan fingerprint density at radius 2 is 1.95 bits per heavy atom. The summed E-state index contributed by atoms with van der Waals surface area (Å²) in [4.78, 5) is 12.2. The van der Waals surface area contributed by atoms with Crippen LogP contribution in [0.5, 0.6) is 0 Å². The smallest absolute Gasteiger partial charge is 0.251 e. The van der Waals surface area contributed by atoms with E-state index in [0.29, 0.717) is 19.1 Å². The minimum Gasteiger partial charge on any atom is -0.380 e. The van der Waals surface area contributed by atoms with Crippen LogP contribution in [0, 0.1) is 5.92 Å². The van der Waals surface area contributed by atoms with Crippen molar-refractivity contribution in [2.24, 2.45) is 5.92 Å². The van der Waals surface area contributed by atoms with Gasteiger partial charge in [0.2, 0.25) is 0 Å². The Morgan fingerprint density at radius 3 is 2.70 bits per heavy atom. The largest absolute Gasteiger partial charge is 0.380 e. The van der Waals surface area contributed by atoms with Crippen LogP contribution >= 0.6 is 0 Å². The van der Waals surface area contributed by atoms with Gasteiger partial charge in [0.25, 0.3) is 5.91 Å². The third-order valence-electron chi connectivity index (χ3n) is 4.12. The molecule has 3 heteroatoms. The second kappa shape index (κ2) is 6.40. The molecular weight excluding hydrogens is 250 g/mol. The number of ether oxygens (including phenoxy) is 1. The molecule has 2 saturated carbocycles. The second-order valence-corrected chi connectivity index (χ2v) is 5.96. The molecule has 0 bridgehead atoms. The summed E-state index contributed by atoms with van der Waals surface area (Å²) in [6, 6.07) is 7.97. The van der Waals surface area contributed by atoms with Crippen molar-refractivity contribution in [2.75, 3.05) is 19.8 Å². The number of rotatable bonds is 8. The molecule has 0 aromatic heterocycles. The van der Waals surface area contributed by atoms with Crippen LogP contribution in [0.15, 0.2) is 24.3 Å². The molecule has 0 aliphatic heterocycles. The van der Waals surface area contributed by atoms with Crippen LogP contribution in [0.3, 0.4) is 0 Å². The molecule has 3 nitrogen and oxygen atoms in total. The summed E-state index contributed by atoms with van der Waals surface area (Å²) in [6.45, 7) is 2.05. The fraction of sp³-hybridized carbons (Fsp3) is 0.588. The molecule has 3 rings (SSSR count). The lowest BCUT2D eigenvalue weighted by atomic mass is 10.0. The van der Waals surface area contributed by atoms with Crippen molar-refractivity contribution in [1.29, 1.82) is 0 Å². The number of nitrogens with one attached hydrogen (secondary N) is 1. The number of carbonyl (C=O) groups is 1. The van der Waals surface area contributed by atoms with E-state index in [1.165, 1.54) is 37.7 Å². The van der Waals surface area contributed by atoms with Gasteiger partial charge in [-0.1, -0.05) is 31.0 Å². The average Bonchev–Trinajstić information content (AvgIpc) is 3.36. The van der Waals surface area contributed by atoms with E-state index >= 15 is 0 Å². The lowest BCUT2D eigenvalue weighted by Gasteiger charge is -2.09. The summed E-state index contributed by atoms with van der Waals surface area (Å²) in [5.41, 5.74) is 2.05. The standard InChI is InChI=1S/C17H23NO2/c19-17(18-10-12-20-11-9-13-5-6-13)16-4-2-1-3-15(16)14-7-8-14/h1-4,13-14H,5-12H2,(H,18,19). The molecule has 108 valence electrons. The molecule has 1 amide bonds. The predicted octanol–water partition coefficient (Wildman–Crippen LogP) is 3.11. The lowest BCUT2D eigenvalue weighted by molar-refractivity contribution is 0.0909. The van der Waals surface area contributed by atoms with Gasteiger partial charge in [-0.15, -0.1) is 0 Å². The van der Waals surface area contributed by atoms with Gasteiger partial charge in [-0.2, -0.15) is 0 Å². The maximum atomic E-state index is 12.2. The van der Waals surface area contributed by atoms with Crippen molar-refractivity contribution in [3.63, 3.8) is 0 Å². The highest BCUT2D eigenvalue weighted by Crippen LogP contribution is 2.41. The molecule has 0 atom stereocenters. The van der Waals surface area contributed by atoms with Crippen molar-refractivity contribution in [2.45, 2.75) is 38.0 Å². The molecule has 0 radical (unpaired) electrons. The van der Waals surface area contributed by atoms with Gasteiger partial charge in [-0.05, 0) is 42.7 Å². The fourth-order valence-electron chi connectivity index (χ4n) is 2.54. The summed E-state index contributed by atoms with van der Waals surface area (Å²) in [5.74, 6) is 1.56. The van der Waals surface area contributed by atoms with Gasteiger partial charge in [0.1, 0.15) is 0 Å². The van der Waals surface area contributed by atoms with Gasteiger partial charge in [0, 0.05) is 18.7 Å². The van der Waals surface area contributed by atoms with E-state index in [9.17, 15) is 4.79 Å². The van der Waals surface area contributed by atoms with Crippen LogP contribution < -0.4 is 5.32 Å². The highest BCUT2D eigenvalue weighted by molar-refractivity contribution is 5.96. The number of benzene rings is 1. The van der Waals surface area contributed by atoms with E-state index in [1.54, 1.807) is 0 Å². The predicted molar refractivity (Wildman–Crippen MR) is 78.9 cm³/mol. The summed E-state index contributed by atoms with van der Waals surface area (Å²) in [7, 11) is 0. The quantitative estimate of drug-likeness (QED) is 0.739. The van der Waals surface area contributed by atoms with Crippen LogP contribution in [-0.2, 0) is 4.74 Å². The molecular formula is C17H23NO2. The van der Waals surface area contributed by atoms with Crippen molar-refractivity contribution in [3.05, 3.63) is 35.4 Å². The second-order valence-electron chi connectivity index (χ2n) is 5.96. The van der Waals surface area contributed by atoms with Gasteiger partial charge in [0.05, 0.1) is 6.61 Å². The molecule has 0 heterocycles. The van der Waals surface area contributed by atoms with Crippen molar-refractivity contribution < 1.29 is 9.53 Å². The fourth-order valence-corrected chi connectivity index (χ4v) is 2.54. The minimum atomic E-state index is 0.0401.